The zero-order valence-corrected chi connectivity index (χ0v) is 21.0. The first kappa shape index (κ1) is 24.0. The number of urea groups is 1. The number of nitrogens with zero attached hydrogens (tertiary/aromatic N) is 4. The van der Waals surface area contributed by atoms with Gasteiger partial charge in [-0.2, -0.15) is 0 Å². The van der Waals surface area contributed by atoms with Gasteiger partial charge in [0.05, 0.1) is 30.9 Å². The summed E-state index contributed by atoms with van der Waals surface area (Å²) >= 11 is 0. The van der Waals surface area contributed by atoms with E-state index in [0.717, 1.165) is 90.9 Å². The molecule has 5 rings (SSSR count). The molecule has 7 heteroatoms. The van der Waals surface area contributed by atoms with Gasteiger partial charge in [0.25, 0.3) is 0 Å². The Labute approximate surface area is 204 Å². The Balaban J connectivity index is 1.35. The predicted octanol–water partition coefficient (Wildman–Crippen LogP) is 2.74. The van der Waals surface area contributed by atoms with Crippen LogP contribution in [0.2, 0.25) is 0 Å². The van der Waals surface area contributed by atoms with Gasteiger partial charge in [-0.25, -0.2) is 4.79 Å². The number of carbonyl (C=O) groups is 1. The average Bonchev–Trinajstić information content (AvgIpc) is 3.09. The van der Waals surface area contributed by atoms with Crippen LogP contribution >= 0.6 is 0 Å². The number of rotatable bonds is 7. The molecule has 1 aromatic rings. The third-order valence-electron chi connectivity index (χ3n) is 9.26. The van der Waals surface area contributed by atoms with Crippen molar-refractivity contribution in [1.29, 1.82) is 0 Å². The van der Waals surface area contributed by atoms with E-state index in [4.69, 9.17) is 4.74 Å². The van der Waals surface area contributed by atoms with Gasteiger partial charge in [0, 0.05) is 38.3 Å². The standard InChI is InChI=1S/C27H42N4O3/c1-28(2)27(23-7-4-3-5-8-23)13-11-25(12-14-27)21-30(16-15-29-17-19-34-20-18-29)24(32)31(25)22-26(33)9-6-10-26/h3-5,7-8,33H,6,9-22H2,1-2H3/t25-,27+. The lowest BCUT2D eigenvalue weighted by Gasteiger charge is -2.52. The molecule has 0 aromatic heterocycles. The summed E-state index contributed by atoms with van der Waals surface area (Å²) in [5.74, 6) is 0. The number of amides is 2. The van der Waals surface area contributed by atoms with Gasteiger partial charge < -0.3 is 19.6 Å². The lowest BCUT2D eigenvalue weighted by Crippen LogP contribution is -2.59. The first-order valence-corrected chi connectivity index (χ1v) is 13.2. The number of benzene rings is 1. The van der Waals surface area contributed by atoms with Crippen LogP contribution in [0.3, 0.4) is 0 Å². The van der Waals surface area contributed by atoms with E-state index in [1.807, 2.05) is 0 Å². The van der Waals surface area contributed by atoms with Crippen LogP contribution in [0.4, 0.5) is 4.79 Å². The number of hydrogen-bond donors (Lipinski definition) is 1. The monoisotopic (exact) mass is 470 g/mol. The first-order valence-electron chi connectivity index (χ1n) is 13.2. The van der Waals surface area contributed by atoms with Gasteiger partial charge in [-0.05, 0) is 64.6 Å². The first-order chi connectivity index (χ1) is 16.4. The Morgan fingerprint density at radius 3 is 2.24 bits per heavy atom. The van der Waals surface area contributed by atoms with Crippen molar-refractivity contribution in [1.82, 2.24) is 19.6 Å². The maximum Gasteiger partial charge on any atom is 0.320 e. The maximum atomic E-state index is 13.7. The summed E-state index contributed by atoms with van der Waals surface area (Å²) in [5, 5.41) is 11.0. The Morgan fingerprint density at radius 2 is 1.65 bits per heavy atom. The third kappa shape index (κ3) is 4.36. The minimum absolute atomic E-state index is 0.00415. The Hall–Kier alpha value is -1.67. The van der Waals surface area contributed by atoms with E-state index in [2.05, 4.69) is 64.0 Å². The zero-order valence-electron chi connectivity index (χ0n) is 21.0. The number of ether oxygens (including phenoxy) is 1. The smallest absolute Gasteiger partial charge is 0.320 e. The van der Waals surface area contributed by atoms with Crippen molar-refractivity contribution < 1.29 is 14.6 Å². The number of aliphatic hydroxyl groups is 1. The fourth-order valence-electron chi connectivity index (χ4n) is 6.72. The van der Waals surface area contributed by atoms with Gasteiger partial charge in [-0.3, -0.25) is 9.80 Å². The average molecular weight is 471 g/mol. The van der Waals surface area contributed by atoms with Gasteiger partial charge in [-0.1, -0.05) is 30.3 Å². The second-order valence-electron chi connectivity index (χ2n) is 11.3. The molecule has 0 bridgehead atoms. The van der Waals surface area contributed by atoms with Crippen molar-refractivity contribution in [3.8, 4) is 0 Å². The lowest BCUT2D eigenvalue weighted by molar-refractivity contribution is -0.0725. The molecule has 34 heavy (non-hydrogen) atoms. The van der Waals surface area contributed by atoms with E-state index in [1.54, 1.807) is 0 Å². The molecule has 1 N–H and O–H groups in total. The van der Waals surface area contributed by atoms with E-state index < -0.39 is 5.60 Å². The van der Waals surface area contributed by atoms with Gasteiger partial charge in [0.1, 0.15) is 0 Å². The van der Waals surface area contributed by atoms with Crippen LogP contribution in [-0.4, -0.2) is 108 Å². The quantitative estimate of drug-likeness (QED) is 0.664. The predicted molar refractivity (Wildman–Crippen MR) is 133 cm³/mol. The summed E-state index contributed by atoms with van der Waals surface area (Å²) in [6.07, 6.45) is 6.65. The molecule has 7 nitrogen and oxygen atoms in total. The molecule has 2 aliphatic carbocycles. The van der Waals surface area contributed by atoms with Gasteiger partial charge in [-0.15, -0.1) is 0 Å². The number of morpholine rings is 1. The van der Waals surface area contributed by atoms with E-state index in [9.17, 15) is 9.90 Å². The fraction of sp³-hybridized carbons (Fsp3) is 0.741. The number of hydrogen-bond acceptors (Lipinski definition) is 5. The third-order valence-corrected chi connectivity index (χ3v) is 9.26. The second kappa shape index (κ2) is 9.41. The van der Waals surface area contributed by atoms with E-state index in [1.165, 1.54) is 5.56 Å². The molecule has 1 aromatic carbocycles. The van der Waals surface area contributed by atoms with Crippen LogP contribution in [0.1, 0.15) is 50.5 Å². The summed E-state index contributed by atoms with van der Waals surface area (Å²) in [5.41, 5.74) is 0.489. The van der Waals surface area contributed by atoms with E-state index in [0.29, 0.717) is 6.54 Å². The summed E-state index contributed by atoms with van der Waals surface area (Å²) in [4.78, 5) is 22.7. The highest BCUT2D eigenvalue weighted by atomic mass is 16.5. The molecule has 2 heterocycles. The Morgan fingerprint density at radius 1 is 0.971 bits per heavy atom. The van der Waals surface area contributed by atoms with E-state index in [-0.39, 0.29) is 17.1 Å². The lowest BCUT2D eigenvalue weighted by atomic mass is 9.67. The summed E-state index contributed by atoms with van der Waals surface area (Å²) < 4.78 is 5.49. The van der Waals surface area contributed by atoms with Crippen LogP contribution < -0.4 is 0 Å². The molecule has 0 unspecified atom stereocenters. The summed E-state index contributed by atoms with van der Waals surface area (Å²) in [6.45, 7) is 6.37. The normalized spacial score (nSPS) is 31.9. The van der Waals surface area contributed by atoms with Crippen LogP contribution in [-0.2, 0) is 10.3 Å². The molecular weight excluding hydrogens is 428 g/mol. The molecule has 2 amide bonds. The molecule has 4 aliphatic rings. The van der Waals surface area contributed by atoms with Crippen LogP contribution in [0.15, 0.2) is 30.3 Å². The molecule has 2 aliphatic heterocycles. The highest BCUT2D eigenvalue weighted by molar-refractivity contribution is 5.78. The van der Waals surface area contributed by atoms with E-state index >= 15 is 0 Å². The van der Waals surface area contributed by atoms with Crippen molar-refractivity contribution >= 4 is 6.03 Å². The zero-order chi connectivity index (χ0) is 23.8. The largest absolute Gasteiger partial charge is 0.388 e. The minimum Gasteiger partial charge on any atom is -0.388 e. The second-order valence-corrected chi connectivity index (χ2v) is 11.3. The highest BCUT2D eigenvalue weighted by Gasteiger charge is 2.56. The molecule has 2 saturated heterocycles. The van der Waals surface area contributed by atoms with Gasteiger partial charge in [0.15, 0.2) is 0 Å². The van der Waals surface area contributed by atoms with Crippen LogP contribution in [0.5, 0.6) is 0 Å². The molecule has 4 fully saturated rings. The molecule has 0 radical (unpaired) electrons. The number of β-amino-alcohol motifs (C(OH)–C–C–N with tert-alkyl or cyclic N) is 1. The molecule has 1 spiro atoms. The van der Waals surface area contributed by atoms with Crippen molar-refractivity contribution in [2.75, 3.05) is 66.6 Å². The molecule has 188 valence electrons. The Bertz CT molecular complexity index is 843. The van der Waals surface area contributed by atoms with Crippen molar-refractivity contribution in [2.24, 2.45) is 0 Å². The van der Waals surface area contributed by atoms with Gasteiger partial charge in [0.2, 0.25) is 0 Å². The highest BCUT2D eigenvalue weighted by Crippen LogP contribution is 2.50. The SMILES string of the molecule is CN(C)[C@]1(c2ccccc2)CC[C@]2(CC1)CN(CCN1CCOCC1)C(=O)N2CC1(O)CCC1. The van der Waals surface area contributed by atoms with Gasteiger partial charge >= 0.3 is 6.03 Å². The summed E-state index contributed by atoms with van der Waals surface area (Å²) in [7, 11) is 4.38. The van der Waals surface area contributed by atoms with Crippen LogP contribution in [0.25, 0.3) is 0 Å². The van der Waals surface area contributed by atoms with Crippen LogP contribution in [0, 0.1) is 0 Å². The Kier molecular flexibility index (Phi) is 6.66. The fourth-order valence-corrected chi connectivity index (χ4v) is 6.72. The molecule has 2 saturated carbocycles. The van der Waals surface area contributed by atoms with Crippen molar-refractivity contribution in [3.63, 3.8) is 0 Å². The topological polar surface area (TPSA) is 59.5 Å². The maximum absolute atomic E-state index is 13.7. The van der Waals surface area contributed by atoms with Crippen molar-refractivity contribution in [2.45, 2.75) is 61.6 Å². The molecular formula is C27H42N4O3. The molecule has 0 atom stereocenters. The van der Waals surface area contributed by atoms with Crippen molar-refractivity contribution in [3.05, 3.63) is 35.9 Å². The summed E-state index contributed by atoms with van der Waals surface area (Å²) in [6, 6.07) is 11.0. The minimum atomic E-state index is -0.696. The number of carbonyl (C=O) groups excluding carboxylic acids is 1.